The number of likely N-dealkylation sites (N-methyl/N-ethyl adjacent to an activating group) is 1. The van der Waals surface area contributed by atoms with Gasteiger partial charge in [0.15, 0.2) is 6.61 Å². The predicted octanol–water partition coefficient (Wildman–Crippen LogP) is 2.01. The van der Waals surface area contributed by atoms with Crippen molar-refractivity contribution in [3.63, 3.8) is 0 Å². The van der Waals surface area contributed by atoms with Gasteiger partial charge in [-0.1, -0.05) is 13.0 Å². The molecule has 1 aliphatic rings. The van der Waals surface area contributed by atoms with Crippen LogP contribution in [-0.2, 0) is 9.59 Å². The summed E-state index contributed by atoms with van der Waals surface area (Å²) in [6.07, 6.45) is 0.831. The number of carboxylic acids is 1. The van der Waals surface area contributed by atoms with Gasteiger partial charge in [0.1, 0.15) is 5.75 Å². The lowest BCUT2D eigenvalue weighted by Crippen LogP contribution is -2.35. The zero-order valence-corrected chi connectivity index (χ0v) is 11.0. The van der Waals surface area contributed by atoms with Gasteiger partial charge in [0.05, 0.1) is 12.1 Å². The zero-order chi connectivity index (χ0) is 14.0. The van der Waals surface area contributed by atoms with Crippen LogP contribution in [0.15, 0.2) is 18.2 Å². The number of carbonyl (C=O) groups is 2. The SMILES string of the molecule is CCC(CC(=O)O)c1ccc2c(c1)N(C)C(=O)CO2. The number of anilines is 1. The first-order valence-corrected chi connectivity index (χ1v) is 6.28. The summed E-state index contributed by atoms with van der Waals surface area (Å²) < 4.78 is 5.35. The van der Waals surface area contributed by atoms with E-state index in [1.165, 1.54) is 0 Å². The van der Waals surface area contributed by atoms with Crippen LogP contribution in [0, 0.1) is 0 Å². The minimum Gasteiger partial charge on any atom is -0.482 e. The molecule has 5 nitrogen and oxygen atoms in total. The van der Waals surface area contributed by atoms with E-state index in [0.717, 1.165) is 12.0 Å². The van der Waals surface area contributed by atoms with Crippen LogP contribution in [0.25, 0.3) is 0 Å². The normalized spacial score (nSPS) is 15.7. The van der Waals surface area contributed by atoms with Gasteiger partial charge in [-0.2, -0.15) is 0 Å². The van der Waals surface area contributed by atoms with Crippen molar-refractivity contribution < 1.29 is 19.4 Å². The van der Waals surface area contributed by atoms with E-state index in [1.807, 2.05) is 19.1 Å². The summed E-state index contributed by atoms with van der Waals surface area (Å²) in [5, 5.41) is 8.92. The summed E-state index contributed by atoms with van der Waals surface area (Å²) in [5.74, 6) is -0.301. The highest BCUT2D eigenvalue weighted by molar-refractivity contribution is 5.97. The number of rotatable bonds is 4. The molecule has 0 aliphatic carbocycles. The monoisotopic (exact) mass is 263 g/mol. The third-order valence-corrected chi connectivity index (χ3v) is 3.45. The van der Waals surface area contributed by atoms with Gasteiger partial charge in [-0.25, -0.2) is 0 Å². The Morgan fingerprint density at radius 2 is 2.26 bits per heavy atom. The van der Waals surface area contributed by atoms with Crippen molar-refractivity contribution in [3.05, 3.63) is 23.8 Å². The highest BCUT2D eigenvalue weighted by Gasteiger charge is 2.24. The number of amides is 1. The topological polar surface area (TPSA) is 66.8 Å². The van der Waals surface area contributed by atoms with E-state index in [-0.39, 0.29) is 24.9 Å². The molecule has 1 unspecified atom stereocenters. The number of fused-ring (bicyclic) bond motifs is 1. The van der Waals surface area contributed by atoms with Crippen LogP contribution in [0.1, 0.15) is 31.2 Å². The molecule has 19 heavy (non-hydrogen) atoms. The third-order valence-electron chi connectivity index (χ3n) is 3.45. The molecule has 1 N–H and O–H groups in total. The number of hydrogen-bond donors (Lipinski definition) is 1. The van der Waals surface area contributed by atoms with Gasteiger partial charge in [0, 0.05) is 7.05 Å². The molecular weight excluding hydrogens is 246 g/mol. The van der Waals surface area contributed by atoms with E-state index in [1.54, 1.807) is 18.0 Å². The molecule has 2 rings (SSSR count). The summed E-state index contributed by atoms with van der Waals surface area (Å²) in [4.78, 5) is 24.0. The van der Waals surface area contributed by atoms with Gasteiger partial charge in [0.2, 0.25) is 0 Å². The smallest absolute Gasteiger partial charge is 0.303 e. The van der Waals surface area contributed by atoms with E-state index >= 15 is 0 Å². The average molecular weight is 263 g/mol. The molecule has 5 heteroatoms. The van der Waals surface area contributed by atoms with E-state index in [2.05, 4.69) is 0 Å². The van der Waals surface area contributed by atoms with Crippen LogP contribution in [-0.4, -0.2) is 30.6 Å². The third kappa shape index (κ3) is 2.70. The maximum absolute atomic E-state index is 11.6. The summed E-state index contributed by atoms with van der Waals surface area (Å²) in [6, 6.07) is 5.53. The Bertz CT molecular complexity index is 512. The Hall–Kier alpha value is -2.04. The van der Waals surface area contributed by atoms with Crippen LogP contribution in [0.2, 0.25) is 0 Å². The molecule has 0 bridgehead atoms. The lowest BCUT2D eigenvalue weighted by Gasteiger charge is -2.27. The number of ether oxygens (including phenoxy) is 1. The average Bonchev–Trinajstić information content (AvgIpc) is 2.40. The first-order chi connectivity index (χ1) is 9.02. The second-order valence-corrected chi connectivity index (χ2v) is 4.67. The minimum absolute atomic E-state index is 0.0479. The highest BCUT2D eigenvalue weighted by atomic mass is 16.5. The van der Waals surface area contributed by atoms with Crippen molar-refractivity contribution in [2.75, 3.05) is 18.6 Å². The summed E-state index contributed by atoms with van der Waals surface area (Å²) in [7, 11) is 1.70. The predicted molar refractivity (Wildman–Crippen MR) is 70.6 cm³/mol. The fourth-order valence-electron chi connectivity index (χ4n) is 2.25. The number of hydrogen-bond acceptors (Lipinski definition) is 3. The first-order valence-electron chi connectivity index (χ1n) is 6.28. The largest absolute Gasteiger partial charge is 0.482 e. The van der Waals surface area contributed by atoms with Crippen LogP contribution < -0.4 is 9.64 Å². The number of carboxylic acid groups (broad SMARTS) is 1. The second-order valence-electron chi connectivity index (χ2n) is 4.67. The summed E-state index contributed by atoms with van der Waals surface area (Å²) >= 11 is 0. The molecule has 0 saturated carbocycles. The van der Waals surface area contributed by atoms with E-state index in [0.29, 0.717) is 11.4 Å². The van der Waals surface area contributed by atoms with Gasteiger partial charge >= 0.3 is 5.97 Å². The van der Waals surface area contributed by atoms with Gasteiger partial charge in [0.25, 0.3) is 5.91 Å². The lowest BCUT2D eigenvalue weighted by atomic mass is 9.92. The van der Waals surface area contributed by atoms with Gasteiger partial charge in [-0.05, 0) is 30.0 Å². The first kappa shape index (κ1) is 13.4. The van der Waals surface area contributed by atoms with Crippen LogP contribution in [0.5, 0.6) is 5.75 Å². The molecule has 1 aromatic rings. The zero-order valence-electron chi connectivity index (χ0n) is 11.0. The van der Waals surface area contributed by atoms with Crippen LogP contribution >= 0.6 is 0 Å². The van der Waals surface area contributed by atoms with Crippen molar-refractivity contribution in [2.45, 2.75) is 25.7 Å². The summed E-state index contributed by atoms with van der Waals surface area (Å²) in [6.45, 7) is 2.01. The van der Waals surface area contributed by atoms with Gasteiger partial charge < -0.3 is 14.7 Å². The Balaban J connectivity index is 2.33. The molecule has 1 aromatic carbocycles. The molecule has 0 aromatic heterocycles. The second kappa shape index (κ2) is 5.30. The Labute approximate surface area is 111 Å². The molecular formula is C14H17NO4. The van der Waals surface area contributed by atoms with Gasteiger partial charge in [-0.15, -0.1) is 0 Å². The fourth-order valence-corrected chi connectivity index (χ4v) is 2.25. The number of aliphatic carboxylic acids is 1. The molecule has 0 saturated heterocycles. The number of nitrogens with zero attached hydrogens (tertiary/aromatic N) is 1. The van der Waals surface area contributed by atoms with Crippen molar-refractivity contribution in [3.8, 4) is 5.75 Å². The maximum Gasteiger partial charge on any atom is 0.303 e. The highest BCUT2D eigenvalue weighted by Crippen LogP contribution is 2.35. The van der Waals surface area contributed by atoms with Crippen molar-refractivity contribution >= 4 is 17.6 Å². The van der Waals surface area contributed by atoms with Crippen LogP contribution in [0.3, 0.4) is 0 Å². The maximum atomic E-state index is 11.6. The number of benzene rings is 1. The molecule has 102 valence electrons. The van der Waals surface area contributed by atoms with Gasteiger partial charge in [-0.3, -0.25) is 9.59 Å². The van der Waals surface area contributed by atoms with Crippen LogP contribution in [0.4, 0.5) is 5.69 Å². The quantitative estimate of drug-likeness (QED) is 0.902. The molecule has 1 atom stereocenters. The minimum atomic E-state index is -0.815. The summed E-state index contributed by atoms with van der Waals surface area (Å²) in [5.41, 5.74) is 1.63. The van der Waals surface area contributed by atoms with Crippen molar-refractivity contribution in [2.24, 2.45) is 0 Å². The Kier molecular flexibility index (Phi) is 3.74. The lowest BCUT2D eigenvalue weighted by molar-refractivity contribution is -0.137. The Morgan fingerprint density at radius 1 is 1.53 bits per heavy atom. The molecule has 0 radical (unpaired) electrons. The molecule has 1 heterocycles. The van der Waals surface area contributed by atoms with E-state index < -0.39 is 5.97 Å². The van der Waals surface area contributed by atoms with E-state index in [9.17, 15) is 9.59 Å². The van der Waals surface area contributed by atoms with Crippen molar-refractivity contribution in [1.82, 2.24) is 0 Å². The standard InChI is InChI=1S/C14H17NO4/c1-3-9(7-14(17)18)10-4-5-12-11(6-10)15(2)13(16)8-19-12/h4-6,9H,3,7-8H2,1-2H3,(H,17,18). The molecule has 0 spiro atoms. The fraction of sp³-hybridized carbons (Fsp3) is 0.429. The molecule has 0 fully saturated rings. The van der Waals surface area contributed by atoms with E-state index in [4.69, 9.17) is 9.84 Å². The Morgan fingerprint density at radius 3 is 2.89 bits per heavy atom. The molecule has 1 amide bonds. The van der Waals surface area contributed by atoms with Crippen molar-refractivity contribution in [1.29, 1.82) is 0 Å². The molecule has 1 aliphatic heterocycles. The number of carbonyl (C=O) groups excluding carboxylic acids is 1.